The minimum atomic E-state index is -1.04. The summed E-state index contributed by atoms with van der Waals surface area (Å²) in [6.45, 7) is 18.5. The lowest BCUT2D eigenvalue weighted by atomic mass is 9.78. The maximum atomic E-state index is 12.1. The van der Waals surface area contributed by atoms with Gasteiger partial charge in [0.15, 0.2) is 5.60 Å². The van der Waals surface area contributed by atoms with Gasteiger partial charge in [-0.05, 0) is 31.6 Å². The molecule has 0 spiro atoms. The highest BCUT2D eigenvalue weighted by Crippen LogP contribution is 2.42. The van der Waals surface area contributed by atoms with Gasteiger partial charge in [-0.3, -0.25) is 0 Å². The van der Waals surface area contributed by atoms with Crippen LogP contribution in [-0.4, -0.2) is 18.7 Å². The van der Waals surface area contributed by atoms with E-state index in [9.17, 15) is 4.79 Å². The molecule has 0 bridgehead atoms. The maximum absolute atomic E-state index is 12.1. The van der Waals surface area contributed by atoms with E-state index in [0.717, 1.165) is 16.9 Å². The van der Waals surface area contributed by atoms with E-state index < -0.39 is 5.60 Å². The lowest BCUT2D eigenvalue weighted by Crippen LogP contribution is -2.40. The number of carbonyl (C=O) groups excluding carboxylic acids is 1. The molecular weight excluding hydrogens is 288 g/mol. The third-order valence-electron chi connectivity index (χ3n) is 3.88. The first-order chi connectivity index (χ1) is 10.2. The van der Waals surface area contributed by atoms with Crippen molar-refractivity contribution in [2.24, 2.45) is 0 Å². The standard InChI is InChI=1S/C20H32O3/c1-13-11-14(18(2,3)4)16(15(12-13)19(5,6)7)23-20(8,9)17(21)22-10/h11-12H,1-10H3. The molecule has 23 heavy (non-hydrogen) atoms. The Hall–Kier alpha value is -1.51. The van der Waals surface area contributed by atoms with Gasteiger partial charge in [0.25, 0.3) is 0 Å². The van der Waals surface area contributed by atoms with Crippen molar-refractivity contribution in [3.05, 3.63) is 28.8 Å². The first kappa shape index (κ1) is 19.5. The maximum Gasteiger partial charge on any atom is 0.349 e. The van der Waals surface area contributed by atoms with Gasteiger partial charge in [0, 0.05) is 11.1 Å². The molecule has 0 saturated carbocycles. The van der Waals surface area contributed by atoms with Gasteiger partial charge in [0.2, 0.25) is 0 Å². The summed E-state index contributed by atoms with van der Waals surface area (Å²) in [4.78, 5) is 12.1. The second-order valence-corrected chi connectivity index (χ2v) is 8.79. The normalized spacial score (nSPS) is 13.0. The summed E-state index contributed by atoms with van der Waals surface area (Å²) in [6, 6.07) is 4.30. The Balaban J connectivity index is 3.63. The summed E-state index contributed by atoms with van der Waals surface area (Å²) >= 11 is 0. The number of methoxy groups -OCH3 is 1. The topological polar surface area (TPSA) is 35.5 Å². The molecule has 0 radical (unpaired) electrons. The minimum absolute atomic E-state index is 0.0897. The lowest BCUT2D eigenvalue weighted by molar-refractivity contribution is -0.156. The van der Waals surface area contributed by atoms with Crippen LogP contribution in [0.25, 0.3) is 0 Å². The molecule has 0 aliphatic heterocycles. The predicted molar refractivity (Wildman–Crippen MR) is 95.3 cm³/mol. The molecule has 3 nitrogen and oxygen atoms in total. The first-order valence-corrected chi connectivity index (χ1v) is 8.13. The fraction of sp³-hybridized carbons (Fsp3) is 0.650. The Morgan fingerprint density at radius 2 is 1.26 bits per heavy atom. The van der Waals surface area contributed by atoms with Crippen LogP contribution in [0.1, 0.15) is 72.1 Å². The second-order valence-electron chi connectivity index (χ2n) is 8.79. The fourth-order valence-electron chi connectivity index (χ4n) is 2.54. The van der Waals surface area contributed by atoms with Gasteiger partial charge in [-0.25, -0.2) is 4.79 Å². The third kappa shape index (κ3) is 4.49. The van der Waals surface area contributed by atoms with E-state index in [-0.39, 0.29) is 16.8 Å². The molecule has 0 aliphatic carbocycles. The molecule has 0 fully saturated rings. The van der Waals surface area contributed by atoms with Crippen LogP contribution < -0.4 is 4.74 Å². The Labute approximate surface area is 141 Å². The molecule has 1 aromatic rings. The highest BCUT2D eigenvalue weighted by molar-refractivity contribution is 5.79. The van der Waals surface area contributed by atoms with Crippen molar-refractivity contribution in [3.63, 3.8) is 0 Å². The molecule has 0 N–H and O–H groups in total. The molecule has 3 heteroatoms. The quantitative estimate of drug-likeness (QED) is 0.742. The van der Waals surface area contributed by atoms with E-state index in [2.05, 4.69) is 60.6 Å². The number of hydrogen-bond acceptors (Lipinski definition) is 3. The van der Waals surface area contributed by atoms with Crippen LogP contribution >= 0.6 is 0 Å². The molecule has 0 aliphatic rings. The SMILES string of the molecule is COC(=O)C(C)(C)Oc1c(C(C)(C)C)cc(C)cc1C(C)(C)C. The average Bonchev–Trinajstić information content (AvgIpc) is 2.36. The van der Waals surface area contributed by atoms with Crippen LogP contribution in [-0.2, 0) is 20.4 Å². The van der Waals surface area contributed by atoms with E-state index in [4.69, 9.17) is 9.47 Å². The van der Waals surface area contributed by atoms with E-state index >= 15 is 0 Å². The molecule has 1 aromatic carbocycles. The zero-order chi connectivity index (χ0) is 18.2. The van der Waals surface area contributed by atoms with Gasteiger partial charge < -0.3 is 9.47 Å². The van der Waals surface area contributed by atoms with Crippen molar-refractivity contribution in [3.8, 4) is 5.75 Å². The molecule has 1 rings (SSSR count). The molecule has 0 amide bonds. The monoisotopic (exact) mass is 320 g/mol. The Kier molecular flexibility index (Phi) is 5.25. The van der Waals surface area contributed by atoms with Gasteiger partial charge >= 0.3 is 5.97 Å². The van der Waals surface area contributed by atoms with E-state index in [1.807, 2.05) is 0 Å². The summed E-state index contributed by atoms with van der Waals surface area (Å²) in [5, 5.41) is 0. The Morgan fingerprint density at radius 1 is 0.870 bits per heavy atom. The number of rotatable bonds is 3. The van der Waals surface area contributed by atoms with Crippen molar-refractivity contribution < 1.29 is 14.3 Å². The zero-order valence-electron chi connectivity index (χ0n) is 16.4. The van der Waals surface area contributed by atoms with Gasteiger partial charge in [-0.1, -0.05) is 59.2 Å². The molecule has 0 saturated heterocycles. The van der Waals surface area contributed by atoms with Crippen molar-refractivity contribution >= 4 is 5.97 Å². The number of aryl methyl sites for hydroxylation is 1. The van der Waals surface area contributed by atoms with Crippen LogP contribution in [0.5, 0.6) is 5.75 Å². The third-order valence-corrected chi connectivity index (χ3v) is 3.88. The summed E-state index contributed by atoms with van der Waals surface area (Å²) in [5.74, 6) is 0.420. The molecule has 130 valence electrons. The first-order valence-electron chi connectivity index (χ1n) is 8.13. The van der Waals surface area contributed by atoms with Gasteiger partial charge in [-0.15, -0.1) is 0 Å². The smallest absolute Gasteiger partial charge is 0.349 e. The lowest BCUT2D eigenvalue weighted by Gasteiger charge is -2.34. The number of hydrogen-bond donors (Lipinski definition) is 0. The Bertz CT molecular complexity index is 549. The predicted octanol–water partition coefficient (Wildman–Crippen LogP) is 4.92. The van der Waals surface area contributed by atoms with E-state index in [1.54, 1.807) is 13.8 Å². The van der Waals surface area contributed by atoms with E-state index in [1.165, 1.54) is 12.7 Å². The van der Waals surface area contributed by atoms with Crippen LogP contribution in [0, 0.1) is 6.92 Å². The van der Waals surface area contributed by atoms with Gasteiger partial charge in [0.1, 0.15) is 5.75 Å². The minimum Gasteiger partial charge on any atom is -0.476 e. The van der Waals surface area contributed by atoms with Crippen molar-refractivity contribution in [2.75, 3.05) is 7.11 Å². The van der Waals surface area contributed by atoms with Crippen molar-refractivity contribution in [2.45, 2.75) is 78.7 Å². The number of esters is 1. The van der Waals surface area contributed by atoms with Crippen LogP contribution in [0.3, 0.4) is 0 Å². The number of carbonyl (C=O) groups is 1. The zero-order valence-corrected chi connectivity index (χ0v) is 16.4. The molecule has 0 aromatic heterocycles. The number of benzene rings is 1. The molecular formula is C20H32O3. The van der Waals surface area contributed by atoms with E-state index in [0.29, 0.717) is 0 Å². The fourth-order valence-corrected chi connectivity index (χ4v) is 2.54. The second kappa shape index (κ2) is 6.18. The highest BCUT2D eigenvalue weighted by Gasteiger charge is 2.36. The molecule has 0 atom stereocenters. The summed E-state index contributed by atoms with van der Waals surface area (Å²) in [7, 11) is 1.39. The van der Waals surface area contributed by atoms with Crippen molar-refractivity contribution in [1.29, 1.82) is 0 Å². The molecule has 0 unspecified atom stereocenters. The largest absolute Gasteiger partial charge is 0.476 e. The van der Waals surface area contributed by atoms with Gasteiger partial charge in [0.05, 0.1) is 7.11 Å². The van der Waals surface area contributed by atoms with Gasteiger partial charge in [-0.2, -0.15) is 0 Å². The highest BCUT2D eigenvalue weighted by atomic mass is 16.6. The molecule has 0 heterocycles. The van der Waals surface area contributed by atoms with Crippen LogP contribution in [0.4, 0.5) is 0 Å². The Morgan fingerprint density at radius 3 is 1.57 bits per heavy atom. The summed E-state index contributed by atoms with van der Waals surface area (Å²) in [6.07, 6.45) is 0. The summed E-state index contributed by atoms with van der Waals surface area (Å²) in [5.41, 5.74) is 2.20. The van der Waals surface area contributed by atoms with Crippen molar-refractivity contribution in [1.82, 2.24) is 0 Å². The summed E-state index contributed by atoms with van der Waals surface area (Å²) < 4.78 is 11.1. The number of ether oxygens (including phenoxy) is 2. The average molecular weight is 320 g/mol. The van der Waals surface area contributed by atoms with Crippen LogP contribution in [0.2, 0.25) is 0 Å². The van der Waals surface area contributed by atoms with Crippen LogP contribution in [0.15, 0.2) is 12.1 Å².